The number of hydrogen-bond acceptors (Lipinski definition) is 3. The van der Waals surface area contributed by atoms with Crippen LogP contribution in [0.5, 0.6) is 0 Å². The minimum Gasteiger partial charge on any atom is -0.342 e. The van der Waals surface area contributed by atoms with Crippen molar-refractivity contribution in [1.82, 2.24) is 9.88 Å². The van der Waals surface area contributed by atoms with Gasteiger partial charge in [0.1, 0.15) is 11.4 Å². The van der Waals surface area contributed by atoms with E-state index in [0.29, 0.717) is 17.1 Å². The molecule has 1 aromatic heterocycles. The molecule has 34 heavy (non-hydrogen) atoms. The van der Waals surface area contributed by atoms with Gasteiger partial charge in [0.25, 0.3) is 11.8 Å². The van der Waals surface area contributed by atoms with Gasteiger partial charge in [-0.25, -0.2) is 4.39 Å². The second kappa shape index (κ2) is 8.85. The highest BCUT2D eigenvalue weighted by Gasteiger charge is 2.34. The van der Waals surface area contributed by atoms with E-state index in [9.17, 15) is 14.0 Å². The number of thiocarbonyl (C=S) groups is 1. The third-order valence-electron chi connectivity index (χ3n) is 5.55. The van der Waals surface area contributed by atoms with Gasteiger partial charge >= 0.3 is 0 Å². The van der Waals surface area contributed by atoms with Gasteiger partial charge < -0.3 is 4.57 Å². The summed E-state index contributed by atoms with van der Waals surface area (Å²) in [6.45, 7) is 0.584. The fourth-order valence-corrected chi connectivity index (χ4v) is 4.38. The van der Waals surface area contributed by atoms with E-state index in [2.05, 4.69) is 5.32 Å². The van der Waals surface area contributed by atoms with Crippen molar-refractivity contribution in [2.45, 2.75) is 6.54 Å². The number of hydrogen-bond donors (Lipinski definition) is 1. The van der Waals surface area contributed by atoms with E-state index in [1.54, 1.807) is 12.1 Å². The Morgan fingerprint density at radius 3 is 2.53 bits per heavy atom. The maximum Gasteiger partial charge on any atom is 0.270 e. The molecule has 0 bridgehead atoms. The third kappa shape index (κ3) is 4.11. The largest absolute Gasteiger partial charge is 0.342 e. The average Bonchev–Trinajstić information content (AvgIpc) is 3.15. The van der Waals surface area contributed by atoms with E-state index < -0.39 is 17.6 Å². The third-order valence-corrected chi connectivity index (χ3v) is 6.09. The minimum atomic E-state index is -0.617. The molecule has 1 N–H and O–H groups in total. The molecule has 4 aromatic rings. The van der Waals surface area contributed by atoms with Gasteiger partial charge in [0.2, 0.25) is 0 Å². The molecule has 1 saturated heterocycles. The first kappa shape index (κ1) is 22.0. The summed E-state index contributed by atoms with van der Waals surface area (Å²) in [6, 6.07) is 20.8. The Hall–Kier alpha value is -3.81. The number of rotatable bonds is 4. The first-order valence-corrected chi connectivity index (χ1v) is 11.2. The van der Waals surface area contributed by atoms with Crippen molar-refractivity contribution < 1.29 is 14.0 Å². The zero-order chi connectivity index (χ0) is 23.8. The predicted molar refractivity (Wildman–Crippen MR) is 135 cm³/mol. The number of nitrogens with zero attached hydrogens (tertiary/aromatic N) is 2. The van der Waals surface area contributed by atoms with Crippen LogP contribution < -0.4 is 10.2 Å². The van der Waals surface area contributed by atoms with Gasteiger partial charge in [-0.05, 0) is 60.3 Å². The molecule has 5 rings (SSSR count). The van der Waals surface area contributed by atoms with E-state index >= 15 is 0 Å². The molecule has 5 nitrogen and oxygen atoms in total. The van der Waals surface area contributed by atoms with Crippen LogP contribution in [0.15, 0.2) is 84.6 Å². The van der Waals surface area contributed by atoms with Crippen LogP contribution in [0.4, 0.5) is 10.1 Å². The SMILES string of the molecule is O=C1NC(=S)N(c2cccc(F)c2)C(=O)/C1=C/c1cn(Cc2ccc(Cl)cc2)c2ccccc12. The molecule has 0 atom stereocenters. The van der Waals surface area contributed by atoms with Crippen molar-refractivity contribution in [3.8, 4) is 0 Å². The zero-order valence-electron chi connectivity index (χ0n) is 17.7. The second-order valence-electron chi connectivity index (χ2n) is 7.79. The number of anilines is 1. The van der Waals surface area contributed by atoms with Crippen LogP contribution in [-0.2, 0) is 16.1 Å². The molecule has 2 amide bonds. The molecule has 1 fully saturated rings. The summed E-state index contributed by atoms with van der Waals surface area (Å²) in [6.07, 6.45) is 3.44. The Kier molecular flexibility index (Phi) is 5.73. The van der Waals surface area contributed by atoms with Gasteiger partial charge in [0, 0.05) is 34.2 Å². The van der Waals surface area contributed by atoms with Crippen LogP contribution >= 0.6 is 23.8 Å². The molecule has 0 saturated carbocycles. The Bertz CT molecular complexity index is 1490. The highest BCUT2D eigenvalue weighted by molar-refractivity contribution is 7.80. The van der Waals surface area contributed by atoms with Crippen molar-refractivity contribution in [3.05, 3.63) is 107 Å². The van der Waals surface area contributed by atoms with Gasteiger partial charge in [0.05, 0.1) is 5.69 Å². The summed E-state index contributed by atoms with van der Waals surface area (Å²) in [5.74, 6) is -1.73. The molecule has 168 valence electrons. The van der Waals surface area contributed by atoms with Crippen molar-refractivity contribution in [2.75, 3.05) is 4.90 Å². The van der Waals surface area contributed by atoms with E-state index in [1.165, 1.54) is 18.2 Å². The summed E-state index contributed by atoms with van der Waals surface area (Å²) >= 11 is 11.2. The average molecular weight is 490 g/mol. The standard InChI is InChI=1S/C26H17ClFN3O2S/c27-18-10-8-16(9-11-18)14-30-15-17(21-6-1-2-7-23(21)30)12-22-24(32)29-26(34)31(25(22)33)20-5-3-4-19(28)13-20/h1-13,15H,14H2,(H,29,32,34)/b22-12+. The van der Waals surface area contributed by atoms with Crippen LogP contribution in [0, 0.1) is 5.82 Å². The number of para-hydroxylation sites is 1. The highest BCUT2D eigenvalue weighted by Crippen LogP contribution is 2.27. The first-order valence-electron chi connectivity index (χ1n) is 10.4. The van der Waals surface area contributed by atoms with E-state index in [0.717, 1.165) is 21.4 Å². The monoisotopic (exact) mass is 489 g/mol. The molecule has 0 spiro atoms. The van der Waals surface area contributed by atoms with Gasteiger partial charge in [-0.2, -0.15) is 0 Å². The second-order valence-corrected chi connectivity index (χ2v) is 8.62. The number of carbonyl (C=O) groups is 2. The fourth-order valence-electron chi connectivity index (χ4n) is 3.97. The Labute approximate surface area is 205 Å². The van der Waals surface area contributed by atoms with E-state index in [-0.39, 0.29) is 16.4 Å². The lowest BCUT2D eigenvalue weighted by Crippen LogP contribution is -2.54. The summed E-state index contributed by atoms with van der Waals surface area (Å²) in [5, 5.41) is 3.99. The van der Waals surface area contributed by atoms with Gasteiger partial charge in [0.15, 0.2) is 5.11 Å². The number of nitrogens with one attached hydrogen (secondary N) is 1. The lowest BCUT2D eigenvalue weighted by Gasteiger charge is -2.28. The van der Waals surface area contributed by atoms with Gasteiger partial charge in [-0.15, -0.1) is 0 Å². The quantitative estimate of drug-likeness (QED) is 0.240. The Morgan fingerprint density at radius 2 is 1.76 bits per heavy atom. The molecular weight excluding hydrogens is 473 g/mol. The minimum absolute atomic E-state index is 0.0905. The molecule has 1 aliphatic rings. The summed E-state index contributed by atoms with van der Waals surface area (Å²) < 4.78 is 15.8. The Morgan fingerprint density at radius 1 is 1.00 bits per heavy atom. The highest BCUT2D eigenvalue weighted by atomic mass is 35.5. The van der Waals surface area contributed by atoms with Crippen LogP contribution in [0.3, 0.4) is 0 Å². The molecule has 2 heterocycles. The number of fused-ring (bicyclic) bond motifs is 1. The lowest BCUT2D eigenvalue weighted by molar-refractivity contribution is -0.122. The smallest absolute Gasteiger partial charge is 0.270 e. The maximum absolute atomic E-state index is 13.8. The van der Waals surface area contributed by atoms with Crippen LogP contribution in [0.25, 0.3) is 17.0 Å². The van der Waals surface area contributed by atoms with E-state index in [4.69, 9.17) is 23.8 Å². The van der Waals surface area contributed by atoms with Gasteiger partial charge in [-0.3, -0.25) is 19.8 Å². The summed E-state index contributed by atoms with van der Waals surface area (Å²) in [7, 11) is 0. The number of aromatic nitrogens is 1. The normalized spacial score (nSPS) is 15.3. The van der Waals surface area contributed by atoms with E-state index in [1.807, 2.05) is 59.3 Å². The van der Waals surface area contributed by atoms with Crippen LogP contribution in [0.1, 0.15) is 11.1 Å². The summed E-state index contributed by atoms with van der Waals surface area (Å²) in [5.41, 5.74) is 2.86. The molecule has 1 aliphatic heterocycles. The summed E-state index contributed by atoms with van der Waals surface area (Å²) in [4.78, 5) is 27.1. The lowest BCUT2D eigenvalue weighted by atomic mass is 10.1. The fraction of sp³-hybridized carbons (Fsp3) is 0.0385. The number of carbonyl (C=O) groups excluding carboxylic acids is 2. The van der Waals surface area contributed by atoms with Crippen LogP contribution in [0.2, 0.25) is 5.02 Å². The Balaban J connectivity index is 1.56. The predicted octanol–water partition coefficient (Wildman–Crippen LogP) is 5.31. The number of amides is 2. The number of benzene rings is 3. The van der Waals surface area contributed by atoms with Crippen molar-refractivity contribution in [3.63, 3.8) is 0 Å². The topological polar surface area (TPSA) is 54.3 Å². The first-order chi connectivity index (χ1) is 16.4. The number of halogens is 2. The zero-order valence-corrected chi connectivity index (χ0v) is 19.2. The van der Waals surface area contributed by atoms with Gasteiger partial charge in [-0.1, -0.05) is 48.0 Å². The molecular formula is C26H17ClFN3O2S. The van der Waals surface area contributed by atoms with Crippen LogP contribution in [-0.4, -0.2) is 21.5 Å². The van der Waals surface area contributed by atoms with Crippen molar-refractivity contribution in [1.29, 1.82) is 0 Å². The molecule has 0 radical (unpaired) electrons. The van der Waals surface area contributed by atoms with Crippen molar-refractivity contribution in [2.24, 2.45) is 0 Å². The molecule has 3 aromatic carbocycles. The van der Waals surface area contributed by atoms with Crippen molar-refractivity contribution >= 4 is 63.4 Å². The maximum atomic E-state index is 13.8. The molecule has 0 aliphatic carbocycles. The molecule has 0 unspecified atom stereocenters. The molecule has 8 heteroatoms.